The number of β-amino-alcohol motifs (C(OH)–C–C–N with tert-alkyl or cyclic N) is 1. The van der Waals surface area contributed by atoms with E-state index in [1.807, 2.05) is 13.8 Å². The highest BCUT2D eigenvalue weighted by Gasteiger charge is 2.20. The fraction of sp³-hybridized carbons (Fsp3) is 0.393. The zero-order chi connectivity index (χ0) is 27.8. The molecule has 0 bridgehead atoms. The molecule has 1 aliphatic heterocycles. The van der Waals surface area contributed by atoms with Gasteiger partial charge in [-0.05, 0) is 64.0 Å². The lowest BCUT2D eigenvalue weighted by molar-refractivity contribution is 0.0745. The highest BCUT2D eigenvalue weighted by atomic mass is 35.5. The van der Waals surface area contributed by atoms with Gasteiger partial charge in [-0.2, -0.15) is 0 Å². The molecule has 0 unspecified atom stereocenters. The minimum absolute atomic E-state index is 0.0553. The number of hydrogen-bond donors (Lipinski definition) is 4. The predicted molar refractivity (Wildman–Crippen MR) is 151 cm³/mol. The smallest absolute Gasteiger partial charge is 0.319 e. The largest absolute Gasteiger partial charge is 0.490 e. The molecule has 0 saturated carbocycles. The average molecular weight is 556 g/mol. The molecule has 1 atom stereocenters. The van der Waals surface area contributed by atoms with Gasteiger partial charge in [0, 0.05) is 43.4 Å². The van der Waals surface area contributed by atoms with E-state index >= 15 is 0 Å². The Balaban J connectivity index is 1.57. The molecule has 1 aliphatic rings. The van der Waals surface area contributed by atoms with E-state index in [1.165, 1.54) is 0 Å². The van der Waals surface area contributed by atoms with Crippen molar-refractivity contribution in [1.82, 2.24) is 20.5 Å². The Hall–Kier alpha value is -3.60. The normalized spacial score (nSPS) is 14.2. The van der Waals surface area contributed by atoms with E-state index in [2.05, 4.69) is 25.8 Å². The number of hydrogen-bond acceptors (Lipinski definition) is 7. The monoisotopic (exact) mass is 555 g/mol. The van der Waals surface area contributed by atoms with Crippen LogP contribution >= 0.6 is 11.6 Å². The maximum Gasteiger partial charge on any atom is 0.319 e. The van der Waals surface area contributed by atoms with Crippen LogP contribution in [0.2, 0.25) is 5.02 Å². The van der Waals surface area contributed by atoms with Gasteiger partial charge >= 0.3 is 6.03 Å². The first kappa shape index (κ1) is 28.4. The highest BCUT2D eigenvalue weighted by Crippen LogP contribution is 2.35. The first-order valence-electron chi connectivity index (χ1n) is 13.1. The van der Waals surface area contributed by atoms with E-state index in [1.54, 1.807) is 42.6 Å². The number of carbonyl (C=O) groups is 2. The maximum atomic E-state index is 12.9. The summed E-state index contributed by atoms with van der Waals surface area (Å²) in [6.45, 7) is 7.13. The predicted octanol–water partition coefficient (Wildman–Crippen LogP) is 4.41. The summed E-state index contributed by atoms with van der Waals surface area (Å²) in [5.74, 6) is 0.940. The van der Waals surface area contributed by atoms with Gasteiger partial charge in [0.1, 0.15) is 30.0 Å². The molecule has 0 radical (unpaired) electrons. The average Bonchev–Trinajstić information content (AvgIpc) is 3.42. The highest BCUT2D eigenvalue weighted by molar-refractivity contribution is 6.33. The summed E-state index contributed by atoms with van der Waals surface area (Å²) in [4.78, 5) is 31.4. The van der Waals surface area contributed by atoms with Gasteiger partial charge in [-0.15, -0.1) is 0 Å². The number of nitrogens with one attached hydrogen (secondary N) is 3. The number of amides is 3. The van der Waals surface area contributed by atoms with Gasteiger partial charge in [-0.25, -0.2) is 4.79 Å². The number of anilines is 1. The van der Waals surface area contributed by atoms with Crippen molar-refractivity contribution in [2.24, 2.45) is 0 Å². The Morgan fingerprint density at radius 1 is 1.08 bits per heavy atom. The molecule has 39 heavy (non-hydrogen) atoms. The lowest BCUT2D eigenvalue weighted by Crippen LogP contribution is -2.34. The standard InChI is InChI=1S/C28H34ClN5O5/c1-3-30-27(36)21-14-20-24(15-26(21)38-17-18(35)16-34-11-5-6-12-34)32-10-9-25(20)39-19-7-8-23(22(29)13-19)33-28(37)31-4-2/h7-10,13-15,18,35H,3-6,11-12,16-17H2,1-2H3,(H,30,36)(H2,31,33,37)/t18-/m0/s1. The van der Waals surface area contributed by atoms with Gasteiger partial charge in [0.05, 0.1) is 21.8 Å². The molecule has 4 rings (SSSR count). The topological polar surface area (TPSA) is 125 Å². The number of aromatic nitrogens is 1. The Labute approximate surface area is 232 Å². The number of aliphatic hydroxyl groups is 1. The van der Waals surface area contributed by atoms with Crippen molar-refractivity contribution in [1.29, 1.82) is 0 Å². The fourth-order valence-corrected chi connectivity index (χ4v) is 4.62. The number of halogens is 1. The van der Waals surface area contributed by atoms with Crippen LogP contribution in [0, 0.1) is 0 Å². The van der Waals surface area contributed by atoms with Crippen molar-refractivity contribution in [3.63, 3.8) is 0 Å². The molecule has 208 valence electrons. The Morgan fingerprint density at radius 3 is 2.56 bits per heavy atom. The first-order valence-corrected chi connectivity index (χ1v) is 13.5. The second-order valence-corrected chi connectivity index (χ2v) is 9.64. The molecule has 3 amide bonds. The molecule has 0 spiro atoms. The van der Waals surface area contributed by atoms with E-state index in [9.17, 15) is 14.7 Å². The van der Waals surface area contributed by atoms with Crippen molar-refractivity contribution >= 4 is 40.1 Å². The zero-order valence-electron chi connectivity index (χ0n) is 22.1. The minimum atomic E-state index is -0.682. The molecule has 11 heteroatoms. The molecule has 4 N–H and O–H groups in total. The van der Waals surface area contributed by atoms with Crippen LogP contribution in [0.5, 0.6) is 17.2 Å². The quantitative estimate of drug-likeness (QED) is 0.276. The van der Waals surface area contributed by atoms with Crippen LogP contribution in [-0.4, -0.2) is 72.4 Å². The lowest BCUT2D eigenvalue weighted by atomic mass is 10.1. The summed E-state index contributed by atoms with van der Waals surface area (Å²) in [5.41, 5.74) is 1.32. The molecule has 1 fully saturated rings. The van der Waals surface area contributed by atoms with Crippen LogP contribution in [-0.2, 0) is 0 Å². The molecule has 0 aliphatic carbocycles. The third-order valence-corrected chi connectivity index (χ3v) is 6.55. The number of likely N-dealkylation sites (tertiary alicyclic amines) is 1. The lowest BCUT2D eigenvalue weighted by Gasteiger charge is -2.20. The van der Waals surface area contributed by atoms with E-state index in [4.69, 9.17) is 21.1 Å². The summed E-state index contributed by atoms with van der Waals surface area (Å²) in [6, 6.07) is 9.63. The zero-order valence-corrected chi connectivity index (χ0v) is 22.9. The second-order valence-electron chi connectivity index (χ2n) is 9.23. The third kappa shape index (κ3) is 7.50. The molecule has 2 aromatic carbocycles. The molecular weight excluding hydrogens is 522 g/mol. The summed E-state index contributed by atoms with van der Waals surface area (Å²) >= 11 is 6.37. The summed E-state index contributed by atoms with van der Waals surface area (Å²) in [6.07, 6.45) is 3.19. The molecular formula is C28H34ClN5O5. The van der Waals surface area contributed by atoms with Gasteiger partial charge in [0.25, 0.3) is 5.91 Å². The molecule has 2 heterocycles. The minimum Gasteiger partial charge on any atom is -0.490 e. The van der Waals surface area contributed by atoms with Gasteiger partial charge < -0.3 is 35.4 Å². The van der Waals surface area contributed by atoms with Crippen molar-refractivity contribution in [2.75, 3.05) is 44.6 Å². The number of urea groups is 1. The number of fused-ring (bicyclic) bond motifs is 1. The van der Waals surface area contributed by atoms with Gasteiger partial charge in [0.15, 0.2) is 0 Å². The molecule has 10 nitrogen and oxygen atoms in total. The Bertz CT molecular complexity index is 1310. The second kappa shape index (κ2) is 13.5. The molecule has 1 aromatic heterocycles. The van der Waals surface area contributed by atoms with Crippen LogP contribution in [0.4, 0.5) is 10.5 Å². The molecule has 1 saturated heterocycles. The van der Waals surface area contributed by atoms with Crippen molar-refractivity contribution in [3.8, 4) is 17.2 Å². The molecule has 3 aromatic rings. The van der Waals surface area contributed by atoms with E-state index < -0.39 is 6.10 Å². The number of carbonyl (C=O) groups excluding carboxylic acids is 2. The van der Waals surface area contributed by atoms with Gasteiger partial charge in [-0.3, -0.25) is 9.78 Å². The van der Waals surface area contributed by atoms with Crippen molar-refractivity contribution in [2.45, 2.75) is 32.8 Å². The summed E-state index contributed by atoms with van der Waals surface area (Å²) in [5, 5.41) is 19.6. The number of benzene rings is 2. The van der Waals surface area contributed by atoms with E-state index in [-0.39, 0.29) is 18.5 Å². The van der Waals surface area contributed by atoms with Crippen LogP contribution in [0.15, 0.2) is 42.6 Å². The van der Waals surface area contributed by atoms with Crippen LogP contribution < -0.4 is 25.4 Å². The van der Waals surface area contributed by atoms with E-state index in [0.29, 0.717) is 64.1 Å². The number of aliphatic hydroxyl groups excluding tert-OH is 1. The SMILES string of the molecule is CCNC(=O)Nc1ccc(Oc2ccnc3cc(OC[C@@H](O)CN4CCCC4)c(C(=O)NCC)cc23)cc1Cl. The van der Waals surface area contributed by atoms with Crippen LogP contribution in [0.25, 0.3) is 10.9 Å². The number of ether oxygens (including phenoxy) is 2. The van der Waals surface area contributed by atoms with Crippen LogP contribution in [0.3, 0.4) is 0 Å². The fourth-order valence-electron chi connectivity index (χ4n) is 4.41. The van der Waals surface area contributed by atoms with Crippen molar-refractivity contribution in [3.05, 3.63) is 53.2 Å². The third-order valence-electron chi connectivity index (χ3n) is 6.24. The summed E-state index contributed by atoms with van der Waals surface area (Å²) < 4.78 is 12.1. The Morgan fingerprint density at radius 2 is 1.85 bits per heavy atom. The number of pyridine rings is 1. The van der Waals surface area contributed by atoms with Gasteiger partial charge in [-0.1, -0.05) is 11.6 Å². The first-order chi connectivity index (χ1) is 18.9. The number of nitrogens with zero attached hydrogens (tertiary/aromatic N) is 2. The Kier molecular flexibility index (Phi) is 9.80. The van der Waals surface area contributed by atoms with Crippen LogP contribution in [0.1, 0.15) is 37.0 Å². The number of rotatable bonds is 11. The van der Waals surface area contributed by atoms with Crippen molar-refractivity contribution < 1.29 is 24.2 Å². The van der Waals surface area contributed by atoms with E-state index in [0.717, 1.165) is 25.9 Å². The maximum absolute atomic E-state index is 12.9. The summed E-state index contributed by atoms with van der Waals surface area (Å²) in [7, 11) is 0. The van der Waals surface area contributed by atoms with Gasteiger partial charge in [0.2, 0.25) is 0 Å².